The first-order valence-electron chi connectivity index (χ1n) is 8.97. The smallest absolute Gasteiger partial charge is 0.147 e. The molecule has 1 aromatic heterocycles. The van der Waals surface area contributed by atoms with Crippen LogP contribution in [0.2, 0.25) is 0 Å². The Balaban J connectivity index is 1.74. The third kappa shape index (κ3) is 3.59. The molecule has 23 heavy (non-hydrogen) atoms. The second-order valence-corrected chi connectivity index (χ2v) is 6.80. The highest BCUT2D eigenvalue weighted by Crippen LogP contribution is 2.34. The molecule has 1 aliphatic heterocycles. The van der Waals surface area contributed by atoms with Crippen LogP contribution in [-0.4, -0.2) is 58.7 Å². The van der Waals surface area contributed by atoms with Crippen LogP contribution >= 0.6 is 0 Å². The van der Waals surface area contributed by atoms with E-state index in [4.69, 9.17) is 9.47 Å². The van der Waals surface area contributed by atoms with Crippen molar-refractivity contribution in [3.8, 4) is 0 Å². The molecule has 0 spiro atoms. The van der Waals surface area contributed by atoms with E-state index in [9.17, 15) is 0 Å². The van der Waals surface area contributed by atoms with Crippen molar-refractivity contribution in [1.82, 2.24) is 19.7 Å². The molecular weight excluding hydrogens is 292 g/mol. The van der Waals surface area contributed by atoms with Crippen molar-refractivity contribution >= 4 is 0 Å². The fourth-order valence-corrected chi connectivity index (χ4v) is 4.17. The summed E-state index contributed by atoms with van der Waals surface area (Å²) in [7, 11) is 1.85. The minimum atomic E-state index is 0.374. The van der Waals surface area contributed by atoms with Crippen LogP contribution < -0.4 is 0 Å². The number of nitrogens with zero attached hydrogens (tertiary/aromatic N) is 4. The lowest BCUT2D eigenvalue weighted by Gasteiger charge is -2.40. The molecule has 2 heterocycles. The summed E-state index contributed by atoms with van der Waals surface area (Å²) in [5.74, 6) is 2.68. The Labute approximate surface area is 139 Å². The monoisotopic (exact) mass is 322 g/mol. The highest BCUT2D eigenvalue weighted by Gasteiger charge is 2.38. The standard InChI is InChI=1S/C17H30N4O2/c1-4-8-21-13(2)18-19-17(21)11-20-9-10-23-12-15(20)14-6-5-7-16(14)22-3/h14-16H,4-12H2,1-3H3/t14-,15-,16+/m1/s1. The van der Waals surface area contributed by atoms with E-state index in [1.54, 1.807) is 0 Å². The van der Waals surface area contributed by atoms with Crippen LogP contribution in [0.25, 0.3) is 0 Å². The molecule has 0 N–H and O–H groups in total. The summed E-state index contributed by atoms with van der Waals surface area (Å²) < 4.78 is 13.8. The average molecular weight is 322 g/mol. The lowest BCUT2D eigenvalue weighted by molar-refractivity contribution is -0.0619. The van der Waals surface area contributed by atoms with E-state index >= 15 is 0 Å². The third-order valence-corrected chi connectivity index (χ3v) is 5.39. The van der Waals surface area contributed by atoms with Gasteiger partial charge in [0.15, 0.2) is 0 Å². The predicted molar refractivity (Wildman–Crippen MR) is 88.2 cm³/mol. The maximum Gasteiger partial charge on any atom is 0.147 e. The van der Waals surface area contributed by atoms with Crippen LogP contribution in [0.3, 0.4) is 0 Å². The molecule has 1 aromatic rings. The zero-order valence-corrected chi connectivity index (χ0v) is 14.7. The molecule has 1 saturated heterocycles. The van der Waals surface area contributed by atoms with E-state index in [2.05, 4.69) is 26.6 Å². The van der Waals surface area contributed by atoms with Crippen molar-refractivity contribution in [3.05, 3.63) is 11.6 Å². The molecule has 6 nitrogen and oxygen atoms in total. The molecule has 0 radical (unpaired) electrons. The Morgan fingerprint density at radius 2 is 2.17 bits per heavy atom. The molecule has 1 saturated carbocycles. The van der Waals surface area contributed by atoms with Crippen LogP contribution in [0.1, 0.15) is 44.3 Å². The van der Waals surface area contributed by atoms with Gasteiger partial charge in [-0.15, -0.1) is 10.2 Å². The molecule has 3 atom stereocenters. The number of methoxy groups -OCH3 is 1. The Hall–Kier alpha value is -0.980. The molecular formula is C17H30N4O2. The van der Waals surface area contributed by atoms with Crippen LogP contribution in [0, 0.1) is 12.8 Å². The predicted octanol–water partition coefficient (Wildman–Crippen LogP) is 2.01. The second-order valence-electron chi connectivity index (χ2n) is 6.80. The van der Waals surface area contributed by atoms with Gasteiger partial charge in [0.1, 0.15) is 11.6 Å². The van der Waals surface area contributed by atoms with E-state index < -0.39 is 0 Å². The molecule has 0 aromatic carbocycles. The topological polar surface area (TPSA) is 52.4 Å². The number of hydrogen-bond donors (Lipinski definition) is 0. The summed E-state index contributed by atoms with van der Waals surface area (Å²) in [5.41, 5.74) is 0. The fourth-order valence-electron chi connectivity index (χ4n) is 4.17. The van der Waals surface area contributed by atoms with Gasteiger partial charge in [-0.05, 0) is 26.2 Å². The number of morpholine rings is 1. The maximum absolute atomic E-state index is 5.80. The molecule has 0 bridgehead atoms. The molecule has 2 aliphatic rings. The molecule has 2 fully saturated rings. The van der Waals surface area contributed by atoms with E-state index in [-0.39, 0.29) is 0 Å². The minimum Gasteiger partial charge on any atom is -0.381 e. The van der Waals surface area contributed by atoms with Crippen molar-refractivity contribution in [1.29, 1.82) is 0 Å². The number of hydrogen-bond acceptors (Lipinski definition) is 5. The summed E-state index contributed by atoms with van der Waals surface area (Å²) in [6.45, 7) is 8.68. The molecule has 0 amide bonds. The highest BCUT2D eigenvalue weighted by molar-refractivity contribution is 4.97. The van der Waals surface area contributed by atoms with Gasteiger partial charge < -0.3 is 14.0 Å². The lowest BCUT2D eigenvalue weighted by Crippen LogP contribution is -2.51. The van der Waals surface area contributed by atoms with Crippen molar-refractivity contribution < 1.29 is 9.47 Å². The van der Waals surface area contributed by atoms with Crippen molar-refractivity contribution in [2.45, 2.75) is 64.8 Å². The minimum absolute atomic E-state index is 0.374. The second kappa shape index (κ2) is 7.73. The number of ether oxygens (including phenoxy) is 2. The maximum atomic E-state index is 5.80. The van der Waals surface area contributed by atoms with Gasteiger partial charge in [0.05, 0.1) is 25.9 Å². The highest BCUT2D eigenvalue weighted by atomic mass is 16.5. The van der Waals surface area contributed by atoms with Gasteiger partial charge in [0.2, 0.25) is 0 Å². The summed E-state index contributed by atoms with van der Waals surface area (Å²) >= 11 is 0. The Bertz CT molecular complexity index is 505. The molecule has 6 heteroatoms. The number of aryl methyl sites for hydroxylation is 1. The first-order chi connectivity index (χ1) is 11.2. The quantitative estimate of drug-likeness (QED) is 0.802. The van der Waals surface area contributed by atoms with Crippen molar-refractivity contribution in [3.63, 3.8) is 0 Å². The van der Waals surface area contributed by atoms with E-state index in [0.717, 1.165) is 50.9 Å². The fraction of sp³-hybridized carbons (Fsp3) is 0.882. The van der Waals surface area contributed by atoms with Gasteiger partial charge in [-0.2, -0.15) is 0 Å². The Kier molecular flexibility index (Phi) is 5.67. The van der Waals surface area contributed by atoms with Gasteiger partial charge in [0, 0.05) is 32.2 Å². The summed E-state index contributed by atoms with van der Waals surface area (Å²) in [4.78, 5) is 2.54. The summed E-state index contributed by atoms with van der Waals surface area (Å²) in [6, 6.07) is 0.434. The van der Waals surface area contributed by atoms with Gasteiger partial charge >= 0.3 is 0 Å². The number of rotatable bonds is 6. The van der Waals surface area contributed by atoms with E-state index in [0.29, 0.717) is 18.1 Å². The van der Waals surface area contributed by atoms with Gasteiger partial charge in [-0.1, -0.05) is 13.3 Å². The van der Waals surface area contributed by atoms with E-state index in [1.165, 1.54) is 19.3 Å². The first-order valence-corrected chi connectivity index (χ1v) is 8.97. The molecule has 0 unspecified atom stereocenters. The molecule has 1 aliphatic carbocycles. The van der Waals surface area contributed by atoms with Gasteiger partial charge in [-0.25, -0.2) is 0 Å². The van der Waals surface area contributed by atoms with Crippen LogP contribution in [0.4, 0.5) is 0 Å². The Morgan fingerprint density at radius 3 is 2.96 bits per heavy atom. The van der Waals surface area contributed by atoms with Crippen LogP contribution in [-0.2, 0) is 22.6 Å². The zero-order chi connectivity index (χ0) is 16.2. The summed E-state index contributed by atoms with van der Waals surface area (Å²) in [5, 5.41) is 8.71. The van der Waals surface area contributed by atoms with Crippen LogP contribution in [0.5, 0.6) is 0 Å². The van der Waals surface area contributed by atoms with Crippen LogP contribution in [0.15, 0.2) is 0 Å². The van der Waals surface area contributed by atoms with Crippen molar-refractivity contribution in [2.75, 3.05) is 26.9 Å². The Morgan fingerprint density at radius 1 is 1.30 bits per heavy atom. The molecule has 130 valence electrons. The average Bonchev–Trinajstić information content (AvgIpc) is 3.17. The third-order valence-electron chi connectivity index (χ3n) is 5.39. The number of aromatic nitrogens is 3. The van der Waals surface area contributed by atoms with Gasteiger partial charge in [-0.3, -0.25) is 4.90 Å². The van der Waals surface area contributed by atoms with Gasteiger partial charge in [0.25, 0.3) is 0 Å². The molecule has 3 rings (SSSR count). The normalized spacial score (nSPS) is 29.3. The van der Waals surface area contributed by atoms with E-state index in [1.807, 2.05) is 14.0 Å². The summed E-state index contributed by atoms with van der Waals surface area (Å²) in [6.07, 6.45) is 5.16. The van der Waals surface area contributed by atoms with Crippen molar-refractivity contribution in [2.24, 2.45) is 5.92 Å². The largest absolute Gasteiger partial charge is 0.381 e. The first kappa shape index (κ1) is 16.9. The lowest BCUT2D eigenvalue weighted by atomic mass is 9.94. The zero-order valence-electron chi connectivity index (χ0n) is 14.7. The SMILES string of the molecule is CCCn1c(C)nnc1CN1CCOC[C@@H]1[C@H]1CCC[C@@H]1OC.